The third-order valence-corrected chi connectivity index (χ3v) is 3.16. The monoisotopic (exact) mass is 196 g/mol. The fraction of sp³-hybridized carbons (Fsp3) is 0.846. The molecule has 0 aromatic carbocycles. The van der Waals surface area contributed by atoms with E-state index in [9.17, 15) is 5.11 Å². The van der Waals surface area contributed by atoms with Crippen molar-refractivity contribution < 1.29 is 5.11 Å². The van der Waals surface area contributed by atoms with Crippen molar-refractivity contribution in [1.29, 1.82) is 0 Å². The van der Waals surface area contributed by atoms with Gasteiger partial charge in [-0.2, -0.15) is 0 Å². The highest BCUT2D eigenvalue weighted by Gasteiger charge is 2.32. The van der Waals surface area contributed by atoms with E-state index in [1.165, 1.54) is 5.57 Å². The Balaban J connectivity index is 2.68. The third kappa shape index (κ3) is 2.84. The van der Waals surface area contributed by atoms with Crippen molar-refractivity contribution in [3.05, 3.63) is 11.6 Å². The van der Waals surface area contributed by atoms with Crippen molar-refractivity contribution in [2.45, 2.75) is 53.6 Å². The lowest BCUT2D eigenvalue weighted by atomic mass is 9.73. The van der Waals surface area contributed by atoms with Crippen LogP contribution in [0.25, 0.3) is 0 Å². The van der Waals surface area contributed by atoms with Crippen LogP contribution in [0.5, 0.6) is 0 Å². The summed E-state index contributed by atoms with van der Waals surface area (Å²) in [7, 11) is 0. The van der Waals surface area contributed by atoms with E-state index < -0.39 is 0 Å². The predicted octanol–water partition coefficient (Wildman–Crippen LogP) is 3.39. The van der Waals surface area contributed by atoms with E-state index in [0.29, 0.717) is 11.8 Å². The molecule has 0 bridgehead atoms. The minimum atomic E-state index is -0.173. The number of hydrogen-bond donors (Lipinski definition) is 1. The Kier molecular flexibility index (Phi) is 3.41. The molecule has 0 spiro atoms. The first-order valence-corrected chi connectivity index (χ1v) is 5.66. The molecular formula is C13H24O. The summed E-state index contributed by atoms with van der Waals surface area (Å²) >= 11 is 0. The van der Waals surface area contributed by atoms with Crippen molar-refractivity contribution in [2.24, 2.45) is 17.3 Å². The van der Waals surface area contributed by atoms with Gasteiger partial charge in [0.15, 0.2) is 0 Å². The normalized spacial score (nSPS) is 31.1. The average molecular weight is 196 g/mol. The Morgan fingerprint density at radius 3 is 2.43 bits per heavy atom. The molecule has 0 heterocycles. The Hall–Kier alpha value is -0.300. The van der Waals surface area contributed by atoms with E-state index in [4.69, 9.17) is 0 Å². The number of aliphatic hydroxyl groups excluding tert-OH is 1. The highest BCUT2D eigenvalue weighted by molar-refractivity contribution is 5.07. The second-order valence-corrected chi connectivity index (χ2v) is 6.00. The van der Waals surface area contributed by atoms with Crippen LogP contribution in [0.3, 0.4) is 0 Å². The van der Waals surface area contributed by atoms with E-state index in [2.05, 4.69) is 40.7 Å². The molecule has 1 N–H and O–H groups in total. The number of rotatable bonds is 1. The van der Waals surface area contributed by atoms with Crippen LogP contribution in [-0.2, 0) is 0 Å². The Labute approximate surface area is 88.2 Å². The zero-order valence-corrected chi connectivity index (χ0v) is 10.2. The van der Waals surface area contributed by atoms with Gasteiger partial charge in [-0.3, -0.25) is 0 Å². The maximum atomic E-state index is 10.2. The molecule has 1 aliphatic carbocycles. The number of hydrogen-bond acceptors (Lipinski definition) is 1. The van der Waals surface area contributed by atoms with Gasteiger partial charge >= 0.3 is 0 Å². The van der Waals surface area contributed by atoms with Crippen LogP contribution >= 0.6 is 0 Å². The molecule has 3 atom stereocenters. The van der Waals surface area contributed by atoms with Gasteiger partial charge in [0.25, 0.3) is 0 Å². The summed E-state index contributed by atoms with van der Waals surface area (Å²) in [6, 6.07) is 0. The van der Waals surface area contributed by atoms with Gasteiger partial charge in [0.05, 0.1) is 6.10 Å². The van der Waals surface area contributed by atoms with Crippen LogP contribution in [0.1, 0.15) is 47.5 Å². The molecular weight excluding hydrogens is 172 g/mol. The van der Waals surface area contributed by atoms with Crippen molar-refractivity contribution in [3.8, 4) is 0 Å². The van der Waals surface area contributed by atoms with Crippen LogP contribution < -0.4 is 0 Å². The SMILES string of the molecule is CC1=CC(C)CC(C(O)C(C)(C)C)C1. The largest absolute Gasteiger partial charge is 0.392 e. The van der Waals surface area contributed by atoms with E-state index in [1.807, 2.05) is 0 Å². The average Bonchev–Trinajstić information content (AvgIpc) is 1.99. The molecule has 0 amide bonds. The molecule has 0 fully saturated rings. The molecule has 14 heavy (non-hydrogen) atoms. The first-order valence-electron chi connectivity index (χ1n) is 5.66. The second kappa shape index (κ2) is 4.06. The second-order valence-electron chi connectivity index (χ2n) is 6.00. The van der Waals surface area contributed by atoms with E-state index >= 15 is 0 Å². The van der Waals surface area contributed by atoms with Gasteiger partial charge < -0.3 is 5.11 Å². The van der Waals surface area contributed by atoms with Gasteiger partial charge in [-0.1, -0.05) is 39.3 Å². The summed E-state index contributed by atoms with van der Waals surface area (Å²) in [4.78, 5) is 0. The fourth-order valence-electron chi connectivity index (χ4n) is 2.54. The molecule has 82 valence electrons. The van der Waals surface area contributed by atoms with Crippen LogP contribution in [0.2, 0.25) is 0 Å². The summed E-state index contributed by atoms with van der Waals surface area (Å²) in [5.41, 5.74) is 1.46. The first-order chi connectivity index (χ1) is 6.30. The van der Waals surface area contributed by atoms with Gasteiger partial charge in [0.2, 0.25) is 0 Å². The lowest BCUT2D eigenvalue weighted by molar-refractivity contribution is 0.00309. The summed E-state index contributed by atoms with van der Waals surface area (Å²) in [6.45, 7) is 10.8. The van der Waals surface area contributed by atoms with Crippen molar-refractivity contribution in [1.82, 2.24) is 0 Å². The molecule has 0 saturated carbocycles. The molecule has 0 saturated heterocycles. The quantitative estimate of drug-likeness (QED) is 0.637. The molecule has 0 aromatic rings. The fourth-order valence-corrected chi connectivity index (χ4v) is 2.54. The standard InChI is InChI=1S/C13H24O/c1-9-6-10(2)8-11(7-9)12(14)13(3,4)5/h6,9,11-12,14H,7-8H2,1-5H3. The molecule has 3 unspecified atom stereocenters. The van der Waals surface area contributed by atoms with Gasteiger partial charge in [-0.15, -0.1) is 0 Å². The Bertz CT molecular complexity index is 222. The first kappa shape index (κ1) is 11.8. The molecule has 1 heteroatoms. The topological polar surface area (TPSA) is 20.2 Å². The minimum absolute atomic E-state index is 0.0159. The minimum Gasteiger partial charge on any atom is -0.392 e. The highest BCUT2D eigenvalue weighted by atomic mass is 16.3. The third-order valence-electron chi connectivity index (χ3n) is 3.16. The summed E-state index contributed by atoms with van der Waals surface area (Å²) < 4.78 is 0. The smallest absolute Gasteiger partial charge is 0.0619 e. The highest BCUT2D eigenvalue weighted by Crippen LogP contribution is 2.36. The number of aliphatic hydroxyl groups is 1. The zero-order chi connectivity index (χ0) is 10.9. The van der Waals surface area contributed by atoms with Gasteiger partial charge in [0, 0.05) is 0 Å². The molecule has 0 aromatic heterocycles. The summed E-state index contributed by atoms with van der Waals surface area (Å²) in [6.07, 6.45) is 4.37. The molecule has 0 aliphatic heterocycles. The lowest BCUT2D eigenvalue weighted by Crippen LogP contribution is -2.35. The van der Waals surface area contributed by atoms with E-state index in [1.54, 1.807) is 0 Å². The van der Waals surface area contributed by atoms with Crippen LogP contribution in [0, 0.1) is 17.3 Å². The molecule has 0 radical (unpaired) electrons. The number of allylic oxidation sites excluding steroid dienone is 2. The van der Waals surface area contributed by atoms with Gasteiger partial charge in [0.1, 0.15) is 0 Å². The van der Waals surface area contributed by atoms with Gasteiger partial charge in [-0.05, 0) is 37.0 Å². The van der Waals surface area contributed by atoms with E-state index in [0.717, 1.165) is 12.8 Å². The van der Waals surface area contributed by atoms with E-state index in [-0.39, 0.29) is 11.5 Å². The lowest BCUT2D eigenvalue weighted by Gasteiger charge is -2.36. The maximum absolute atomic E-state index is 10.2. The predicted molar refractivity (Wildman–Crippen MR) is 61.1 cm³/mol. The summed E-state index contributed by atoms with van der Waals surface area (Å²) in [5.74, 6) is 1.08. The molecule has 1 rings (SSSR count). The zero-order valence-electron chi connectivity index (χ0n) is 10.2. The summed E-state index contributed by atoms with van der Waals surface area (Å²) in [5, 5.41) is 10.2. The molecule has 1 aliphatic rings. The van der Waals surface area contributed by atoms with Gasteiger partial charge in [-0.25, -0.2) is 0 Å². The van der Waals surface area contributed by atoms with Crippen molar-refractivity contribution in [2.75, 3.05) is 0 Å². The van der Waals surface area contributed by atoms with Crippen LogP contribution in [-0.4, -0.2) is 11.2 Å². The molecule has 1 nitrogen and oxygen atoms in total. The Morgan fingerprint density at radius 1 is 1.43 bits per heavy atom. The van der Waals surface area contributed by atoms with Crippen LogP contribution in [0.15, 0.2) is 11.6 Å². The Morgan fingerprint density at radius 2 is 2.00 bits per heavy atom. The van der Waals surface area contributed by atoms with Crippen LogP contribution in [0.4, 0.5) is 0 Å². The maximum Gasteiger partial charge on any atom is 0.0619 e. The van der Waals surface area contributed by atoms with Crippen molar-refractivity contribution in [3.63, 3.8) is 0 Å². The van der Waals surface area contributed by atoms with Crippen molar-refractivity contribution >= 4 is 0 Å².